The fourth-order valence-electron chi connectivity index (χ4n) is 3.66. The van der Waals surface area contributed by atoms with E-state index in [2.05, 4.69) is 48.9 Å². The SMILES string of the molecule is CN=C(NCCc1csc(N2CCCC2)n1)N(C)Cc1cnn(-c2ccccc2)c1.I. The van der Waals surface area contributed by atoms with Crippen molar-refractivity contribution >= 4 is 46.4 Å². The third-order valence-corrected chi connectivity index (χ3v) is 6.18. The van der Waals surface area contributed by atoms with Gasteiger partial charge in [0.15, 0.2) is 11.1 Å². The zero-order valence-corrected chi connectivity index (χ0v) is 21.2. The molecule has 3 aromatic rings. The number of thiazole rings is 1. The molecule has 0 spiro atoms. The van der Waals surface area contributed by atoms with Crippen molar-refractivity contribution < 1.29 is 0 Å². The maximum absolute atomic E-state index is 4.80. The van der Waals surface area contributed by atoms with Gasteiger partial charge in [-0.05, 0) is 25.0 Å². The fraction of sp³-hybridized carbons (Fsp3) is 0.409. The summed E-state index contributed by atoms with van der Waals surface area (Å²) in [6.45, 7) is 3.83. The molecule has 0 atom stereocenters. The topological polar surface area (TPSA) is 61.6 Å². The Morgan fingerprint density at radius 1 is 1.23 bits per heavy atom. The molecule has 2 aromatic heterocycles. The lowest BCUT2D eigenvalue weighted by molar-refractivity contribution is 0.477. The molecular weight excluding hydrogens is 521 g/mol. The lowest BCUT2D eigenvalue weighted by atomic mass is 10.3. The molecule has 4 rings (SSSR count). The number of hydrogen-bond acceptors (Lipinski definition) is 5. The van der Waals surface area contributed by atoms with E-state index in [1.54, 1.807) is 11.3 Å². The number of benzene rings is 1. The number of guanidine groups is 1. The zero-order valence-electron chi connectivity index (χ0n) is 18.1. The summed E-state index contributed by atoms with van der Waals surface area (Å²) in [5.74, 6) is 0.873. The molecule has 0 saturated carbocycles. The second kappa shape index (κ2) is 11.5. The van der Waals surface area contributed by atoms with Crippen LogP contribution in [0.4, 0.5) is 5.13 Å². The predicted octanol–water partition coefficient (Wildman–Crippen LogP) is 3.80. The van der Waals surface area contributed by atoms with Crippen LogP contribution in [0.1, 0.15) is 24.1 Å². The normalized spacial score (nSPS) is 13.9. The van der Waals surface area contributed by atoms with Gasteiger partial charge < -0.3 is 15.1 Å². The summed E-state index contributed by atoms with van der Waals surface area (Å²) in [6, 6.07) is 10.1. The molecule has 0 aliphatic carbocycles. The van der Waals surface area contributed by atoms with Crippen LogP contribution >= 0.6 is 35.3 Å². The number of aliphatic imine (C=N–C) groups is 1. The Morgan fingerprint density at radius 2 is 2.00 bits per heavy atom. The largest absolute Gasteiger partial charge is 0.356 e. The molecule has 31 heavy (non-hydrogen) atoms. The van der Waals surface area contributed by atoms with Gasteiger partial charge in [0.25, 0.3) is 0 Å². The van der Waals surface area contributed by atoms with Crippen LogP contribution in [0.2, 0.25) is 0 Å². The number of hydrogen-bond donors (Lipinski definition) is 1. The van der Waals surface area contributed by atoms with E-state index < -0.39 is 0 Å². The molecule has 0 bridgehead atoms. The van der Waals surface area contributed by atoms with Gasteiger partial charge in [-0.15, -0.1) is 35.3 Å². The van der Waals surface area contributed by atoms with Crippen LogP contribution in [0, 0.1) is 0 Å². The Labute approximate surface area is 205 Å². The summed E-state index contributed by atoms with van der Waals surface area (Å²) in [5.41, 5.74) is 3.35. The molecule has 3 heterocycles. The average Bonchev–Trinajstić information content (AvgIpc) is 3.53. The van der Waals surface area contributed by atoms with Crippen LogP contribution in [0.3, 0.4) is 0 Å². The van der Waals surface area contributed by atoms with Crippen LogP contribution in [0.15, 0.2) is 53.1 Å². The number of nitrogens with one attached hydrogen (secondary N) is 1. The highest BCUT2D eigenvalue weighted by atomic mass is 127. The molecule has 0 unspecified atom stereocenters. The number of nitrogens with zero attached hydrogens (tertiary/aromatic N) is 6. The van der Waals surface area contributed by atoms with Crippen molar-refractivity contribution in [1.29, 1.82) is 0 Å². The van der Waals surface area contributed by atoms with Crippen molar-refractivity contribution in [2.24, 2.45) is 4.99 Å². The number of halogens is 1. The van der Waals surface area contributed by atoms with Crippen LogP contribution in [-0.4, -0.2) is 59.4 Å². The average molecular weight is 552 g/mol. The van der Waals surface area contributed by atoms with Gasteiger partial charge in [-0.3, -0.25) is 4.99 Å². The van der Waals surface area contributed by atoms with Crippen molar-refractivity contribution in [3.8, 4) is 5.69 Å². The van der Waals surface area contributed by atoms with E-state index in [1.807, 2.05) is 43.2 Å². The molecule has 1 aromatic carbocycles. The molecule has 1 saturated heterocycles. The smallest absolute Gasteiger partial charge is 0.193 e. The summed E-state index contributed by atoms with van der Waals surface area (Å²) in [6.07, 6.45) is 7.43. The highest BCUT2D eigenvalue weighted by molar-refractivity contribution is 14.0. The van der Waals surface area contributed by atoms with E-state index in [4.69, 9.17) is 4.98 Å². The highest BCUT2D eigenvalue weighted by Crippen LogP contribution is 2.24. The Bertz CT molecular complexity index is 963. The third-order valence-electron chi connectivity index (χ3n) is 5.23. The molecule has 0 amide bonds. The molecule has 1 N–H and O–H groups in total. The summed E-state index contributed by atoms with van der Waals surface area (Å²) < 4.78 is 1.90. The number of aromatic nitrogens is 3. The minimum Gasteiger partial charge on any atom is -0.356 e. The third kappa shape index (κ3) is 6.19. The minimum atomic E-state index is 0. The van der Waals surface area contributed by atoms with Gasteiger partial charge in [-0.1, -0.05) is 18.2 Å². The fourth-order valence-corrected chi connectivity index (χ4v) is 4.58. The van der Waals surface area contributed by atoms with Crippen molar-refractivity contribution in [2.75, 3.05) is 38.6 Å². The lowest BCUT2D eigenvalue weighted by Crippen LogP contribution is -2.39. The van der Waals surface area contributed by atoms with E-state index >= 15 is 0 Å². The van der Waals surface area contributed by atoms with Crippen LogP contribution in [0.25, 0.3) is 5.69 Å². The Hall–Kier alpha value is -2.14. The number of para-hydroxylation sites is 1. The number of rotatable bonds is 7. The standard InChI is InChI=1S/C22H29N7S.HI/c1-23-21(24-11-10-19-17-30-22(26-19)28-12-6-7-13-28)27(2)15-18-14-25-29(16-18)20-8-4-3-5-9-20;/h3-5,8-9,14,16-17H,6-7,10-13,15H2,1-2H3,(H,23,24);1H. The van der Waals surface area contributed by atoms with Gasteiger partial charge >= 0.3 is 0 Å². The van der Waals surface area contributed by atoms with E-state index in [1.165, 1.54) is 18.0 Å². The zero-order chi connectivity index (χ0) is 20.8. The molecule has 1 aliphatic rings. The molecular formula is C22H30IN7S. The van der Waals surface area contributed by atoms with Gasteiger partial charge in [-0.2, -0.15) is 5.10 Å². The molecule has 0 radical (unpaired) electrons. The highest BCUT2D eigenvalue weighted by Gasteiger charge is 2.15. The molecule has 7 nitrogen and oxygen atoms in total. The van der Waals surface area contributed by atoms with Gasteiger partial charge in [0.2, 0.25) is 0 Å². The first kappa shape index (κ1) is 23.5. The summed E-state index contributed by atoms with van der Waals surface area (Å²) in [5, 5.41) is 11.3. The van der Waals surface area contributed by atoms with E-state index in [0.29, 0.717) is 0 Å². The predicted molar refractivity (Wildman–Crippen MR) is 139 cm³/mol. The van der Waals surface area contributed by atoms with Crippen molar-refractivity contribution in [3.05, 3.63) is 59.4 Å². The molecule has 166 valence electrons. The summed E-state index contributed by atoms with van der Waals surface area (Å²) >= 11 is 1.76. The van der Waals surface area contributed by atoms with Crippen LogP contribution in [0.5, 0.6) is 0 Å². The lowest BCUT2D eigenvalue weighted by Gasteiger charge is -2.21. The summed E-state index contributed by atoms with van der Waals surface area (Å²) in [7, 11) is 3.87. The first-order valence-electron chi connectivity index (χ1n) is 10.4. The van der Waals surface area contributed by atoms with Crippen molar-refractivity contribution in [3.63, 3.8) is 0 Å². The summed E-state index contributed by atoms with van der Waals surface area (Å²) in [4.78, 5) is 13.7. The van der Waals surface area contributed by atoms with Gasteiger partial charge in [0, 0.05) is 63.8 Å². The maximum atomic E-state index is 4.80. The van der Waals surface area contributed by atoms with Gasteiger partial charge in [0.1, 0.15) is 0 Å². The van der Waals surface area contributed by atoms with Crippen molar-refractivity contribution in [1.82, 2.24) is 25.0 Å². The van der Waals surface area contributed by atoms with Crippen LogP contribution < -0.4 is 10.2 Å². The Kier molecular flexibility index (Phi) is 8.70. The first-order chi connectivity index (χ1) is 14.7. The molecule has 1 aliphatic heterocycles. The van der Waals surface area contributed by atoms with Gasteiger partial charge in [-0.25, -0.2) is 9.67 Å². The first-order valence-corrected chi connectivity index (χ1v) is 11.3. The van der Waals surface area contributed by atoms with Gasteiger partial charge in [0.05, 0.1) is 17.6 Å². The Balaban J connectivity index is 0.00000272. The van der Waals surface area contributed by atoms with E-state index in [-0.39, 0.29) is 24.0 Å². The van der Waals surface area contributed by atoms with Crippen molar-refractivity contribution in [2.45, 2.75) is 25.8 Å². The van der Waals surface area contributed by atoms with Crippen LogP contribution in [-0.2, 0) is 13.0 Å². The Morgan fingerprint density at radius 3 is 2.74 bits per heavy atom. The maximum Gasteiger partial charge on any atom is 0.193 e. The molecule has 1 fully saturated rings. The monoisotopic (exact) mass is 551 g/mol. The molecule has 9 heteroatoms. The van der Waals surface area contributed by atoms with E-state index in [0.717, 1.165) is 55.5 Å². The second-order valence-electron chi connectivity index (χ2n) is 7.52. The van der Waals surface area contributed by atoms with E-state index in [9.17, 15) is 0 Å². The quantitative estimate of drug-likeness (QED) is 0.275. The number of anilines is 1. The minimum absolute atomic E-state index is 0. The second-order valence-corrected chi connectivity index (χ2v) is 8.36.